The van der Waals surface area contributed by atoms with E-state index in [2.05, 4.69) is 25.9 Å². The van der Waals surface area contributed by atoms with Crippen LogP contribution >= 0.6 is 39.1 Å². The molecule has 0 spiro atoms. The molecular weight excluding hydrogens is 330 g/mol. The summed E-state index contributed by atoms with van der Waals surface area (Å²) in [5.41, 5.74) is 1.29. The summed E-state index contributed by atoms with van der Waals surface area (Å²) in [6.07, 6.45) is 1.59. The minimum atomic E-state index is -0.476. The van der Waals surface area contributed by atoms with Crippen LogP contribution in [0.25, 0.3) is 21.9 Å². The number of nitrogens with one attached hydrogen (secondary N) is 1. The Bertz CT molecular complexity index is 692. The van der Waals surface area contributed by atoms with Crippen LogP contribution in [-0.4, -0.2) is 9.97 Å². The average Bonchev–Trinajstić information content (AvgIpc) is 2.69. The summed E-state index contributed by atoms with van der Waals surface area (Å²) in [5, 5.41) is 1.70. The smallest absolute Gasteiger partial charge is 0.142 e. The normalized spacial score (nSPS) is 11.5. The van der Waals surface area contributed by atoms with E-state index in [9.17, 15) is 4.39 Å². The molecule has 0 fully saturated rings. The second-order valence-electron chi connectivity index (χ2n) is 3.55. The van der Waals surface area contributed by atoms with Gasteiger partial charge in [0.2, 0.25) is 0 Å². The van der Waals surface area contributed by atoms with Crippen LogP contribution in [0.4, 0.5) is 4.39 Å². The van der Waals surface area contributed by atoms with Crippen LogP contribution in [0.5, 0.6) is 0 Å². The van der Waals surface area contributed by atoms with E-state index < -0.39 is 5.82 Å². The molecule has 0 aliphatic carbocycles. The molecule has 1 aromatic carbocycles. The van der Waals surface area contributed by atoms with Gasteiger partial charge in [0, 0.05) is 22.5 Å². The largest absolute Gasteiger partial charge is 0.339 e. The highest BCUT2D eigenvalue weighted by Gasteiger charge is 2.16. The van der Waals surface area contributed by atoms with Crippen LogP contribution in [0.2, 0.25) is 10.0 Å². The minimum absolute atomic E-state index is 0.0514. The van der Waals surface area contributed by atoms with E-state index in [1.807, 2.05) is 0 Å². The highest BCUT2D eigenvalue weighted by atomic mass is 79.9. The molecular formula is C11H4BrCl2FN2. The van der Waals surface area contributed by atoms with Gasteiger partial charge in [0.1, 0.15) is 11.5 Å². The van der Waals surface area contributed by atoms with Crippen LogP contribution < -0.4 is 0 Å². The van der Waals surface area contributed by atoms with Crippen molar-refractivity contribution in [2.45, 2.75) is 0 Å². The summed E-state index contributed by atoms with van der Waals surface area (Å²) in [6, 6.07) is 2.92. The van der Waals surface area contributed by atoms with Crippen molar-refractivity contribution in [1.82, 2.24) is 9.97 Å². The van der Waals surface area contributed by atoms with Gasteiger partial charge in [-0.1, -0.05) is 23.2 Å². The lowest BCUT2D eigenvalue weighted by molar-refractivity contribution is 0.630. The van der Waals surface area contributed by atoms with Crippen molar-refractivity contribution in [3.63, 3.8) is 0 Å². The van der Waals surface area contributed by atoms with Gasteiger partial charge in [-0.2, -0.15) is 0 Å². The first-order valence-electron chi connectivity index (χ1n) is 4.69. The first-order chi connectivity index (χ1) is 8.09. The third-order valence-electron chi connectivity index (χ3n) is 2.57. The Morgan fingerprint density at radius 1 is 1.18 bits per heavy atom. The van der Waals surface area contributed by atoms with E-state index in [-0.39, 0.29) is 5.02 Å². The molecule has 0 amide bonds. The van der Waals surface area contributed by atoms with Crippen molar-refractivity contribution >= 4 is 61.1 Å². The van der Waals surface area contributed by atoms with E-state index in [0.29, 0.717) is 31.4 Å². The molecule has 0 atom stereocenters. The fraction of sp³-hybridized carbons (Fsp3) is 0. The summed E-state index contributed by atoms with van der Waals surface area (Å²) < 4.78 is 14.1. The first kappa shape index (κ1) is 11.3. The van der Waals surface area contributed by atoms with Gasteiger partial charge < -0.3 is 4.98 Å². The number of aromatic amines is 1. The zero-order chi connectivity index (χ0) is 12.2. The van der Waals surface area contributed by atoms with Gasteiger partial charge in [-0.05, 0) is 28.1 Å². The molecule has 0 bridgehead atoms. The molecule has 17 heavy (non-hydrogen) atoms. The summed E-state index contributed by atoms with van der Waals surface area (Å²) in [7, 11) is 0. The second-order valence-corrected chi connectivity index (χ2v) is 5.16. The molecule has 3 aromatic rings. The van der Waals surface area contributed by atoms with Crippen molar-refractivity contribution in [1.29, 1.82) is 0 Å². The fourth-order valence-electron chi connectivity index (χ4n) is 1.82. The number of nitrogens with zero attached hydrogens (tertiary/aromatic N) is 1. The molecule has 0 saturated carbocycles. The van der Waals surface area contributed by atoms with Gasteiger partial charge in [0.05, 0.1) is 14.5 Å². The second kappa shape index (κ2) is 3.83. The molecule has 2 heterocycles. The maximum Gasteiger partial charge on any atom is 0.142 e. The molecule has 0 unspecified atom stereocenters. The Hall–Kier alpha value is -0.840. The van der Waals surface area contributed by atoms with Crippen LogP contribution in [0.15, 0.2) is 22.8 Å². The van der Waals surface area contributed by atoms with E-state index in [4.69, 9.17) is 23.2 Å². The minimum Gasteiger partial charge on any atom is -0.339 e. The first-order valence-corrected chi connectivity index (χ1v) is 6.24. The maximum atomic E-state index is 13.5. The van der Waals surface area contributed by atoms with Gasteiger partial charge in [0.25, 0.3) is 0 Å². The average molecular weight is 334 g/mol. The molecule has 2 aromatic heterocycles. The standard InChI is InChI=1S/C11H4BrCl2FN2/c12-4-3-16-11-8(9(4)13)7-6(17-11)2-1-5(15)10(7)14/h1-3H,(H,16,17). The number of H-pyrrole nitrogens is 1. The molecule has 6 heteroatoms. The highest BCUT2D eigenvalue weighted by Crippen LogP contribution is 2.38. The molecule has 0 saturated heterocycles. The Morgan fingerprint density at radius 2 is 1.94 bits per heavy atom. The Labute approximate surface area is 114 Å². The van der Waals surface area contributed by atoms with Crippen molar-refractivity contribution in [3.8, 4) is 0 Å². The van der Waals surface area contributed by atoms with Crippen LogP contribution in [0.3, 0.4) is 0 Å². The van der Waals surface area contributed by atoms with Gasteiger partial charge in [-0.15, -0.1) is 0 Å². The summed E-state index contributed by atoms with van der Waals surface area (Å²) in [6.45, 7) is 0. The Balaban J connectivity index is 2.65. The fourth-order valence-corrected chi connectivity index (χ4v) is 2.61. The summed E-state index contributed by atoms with van der Waals surface area (Å²) in [5.74, 6) is -0.476. The Morgan fingerprint density at radius 3 is 2.71 bits per heavy atom. The number of pyridine rings is 1. The lowest BCUT2D eigenvalue weighted by Crippen LogP contribution is -1.79. The van der Waals surface area contributed by atoms with E-state index in [0.717, 1.165) is 0 Å². The number of aromatic nitrogens is 2. The van der Waals surface area contributed by atoms with Crippen LogP contribution in [-0.2, 0) is 0 Å². The van der Waals surface area contributed by atoms with Crippen molar-refractivity contribution in [2.24, 2.45) is 0 Å². The monoisotopic (exact) mass is 332 g/mol. The zero-order valence-electron chi connectivity index (χ0n) is 8.19. The lowest BCUT2D eigenvalue weighted by atomic mass is 10.2. The van der Waals surface area contributed by atoms with Gasteiger partial charge in [-0.25, -0.2) is 9.37 Å². The van der Waals surface area contributed by atoms with Gasteiger partial charge >= 0.3 is 0 Å². The molecule has 3 rings (SSSR count). The number of fused-ring (bicyclic) bond motifs is 3. The SMILES string of the molecule is Fc1ccc2[nH]c3ncc(Br)c(Cl)c3c2c1Cl. The molecule has 0 aliphatic rings. The van der Waals surface area contributed by atoms with Gasteiger partial charge in [-0.3, -0.25) is 0 Å². The maximum absolute atomic E-state index is 13.5. The molecule has 0 radical (unpaired) electrons. The predicted octanol–water partition coefficient (Wildman–Crippen LogP) is 4.92. The number of halogens is 4. The lowest BCUT2D eigenvalue weighted by Gasteiger charge is -1.99. The van der Waals surface area contributed by atoms with Crippen molar-refractivity contribution in [2.75, 3.05) is 0 Å². The number of benzene rings is 1. The summed E-state index contributed by atoms with van der Waals surface area (Å²) in [4.78, 5) is 7.23. The predicted molar refractivity (Wildman–Crippen MR) is 71.3 cm³/mol. The van der Waals surface area contributed by atoms with Gasteiger partial charge in [0.15, 0.2) is 0 Å². The van der Waals surface area contributed by atoms with Crippen molar-refractivity contribution in [3.05, 3.63) is 38.7 Å². The summed E-state index contributed by atoms with van der Waals surface area (Å²) >= 11 is 15.4. The van der Waals surface area contributed by atoms with E-state index >= 15 is 0 Å². The molecule has 1 N–H and O–H groups in total. The highest BCUT2D eigenvalue weighted by molar-refractivity contribution is 9.10. The van der Waals surface area contributed by atoms with E-state index in [1.165, 1.54) is 6.07 Å². The van der Waals surface area contributed by atoms with Crippen LogP contribution in [0, 0.1) is 5.82 Å². The quantitative estimate of drug-likeness (QED) is 0.621. The molecule has 86 valence electrons. The number of hydrogen-bond donors (Lipinski definition) is 1. The third-order valence-corrected chi connectivity index (χ3v) is 4.16. The molecule has 2 nitrogen and oxygen atoms in total. The number of rotatable bonds is 0. The van der Waals surface area contributed by atoms with E-state index in [1.54, 1.807) is 12.3 Å². The number of hydrogen-bond acceptors (Lipinski definition) is 1. The topological polar surface area (TPSA) is 28.7 Å². The van der Waals surface area contributed by atoms with Crippen LogP contribution in [0.1, 0.15) is 0 Å². The van der Waals surface area contributed by atoms with Crippen molar-refractivity contribution < 1.29 is 4.39 Å². The zero-order valence-corrected chi connectivity index (χ0v) is 11.3. The third kappa shape index (κ3) is 1.55. The Kier molecular flexibility index (Phi) is 2.54. The molecule has 0 aliphatic heterocycles.